The van der Waals surface area contributed by atoms with Gasteiger partial charge >= 0.3 is 6.18 Å². The molecule has 0 saturated carbocycles. The van der Waals surface area contributed by atoms with Gasteiger partial charge in [0.05, 0.1) is 5.56 Å². The molecule has 0 saturated heterocycles. The average Bonchev–Trinajstić information content (AvgIpc) is 2.87. The van der Waals surface area contributed by atoms with Crippen LogP contribution in [0, 0.1) is 0 Å². The molecule has 22 heavy (non-hydrogen) atoms. The number of alkyl halides is 3. The summed E-state index contributed by atoms with van der Waals surface area (Å²) in [4.78, 5) is 0. The van der Waals surface area contributed by atoms with E-state index >= 15 is 0 Å². The quantitative estimate of drug-likeness (QED) is 0.808. The fourth-order valence-corrected chi connectivity index (χ4v) is 1.94. The Bertz CT molecular complexity index is 796. The van der Waals surface area contributed by atoms with E-state index in [1.165, 1.54) is 12.1 Å². The van der Waals surface area contributed by atoms with Crippen molar-refractivity contribution in [1.82, 2.24) is 14.6 Å². The topological polar surface area (TPSA) is 65.4 Å². The lowest BCUT2D eigenvalue weighted by Gasteiger charge is -2.08. The third kappa shape index (κ3) is 2.80. The number of hydrogen-bond donors (Lipinski definition) is 1. The van der Waals surface area contributed by atoms with Gasteiger partial charge in [-0.2, -0.15) is 13.2 Å². The van der Waals surface area contributed by atoms with Gasteiger partial charge in [-0.25, -0.2) is 0 Å². The molecule has 0 atom stereocenters. The Kier molecular flexibility index (Phi) is 3.36. The Morgan fingerprint density at radius 2 is 1.82 bits per heavy atom. The number of ether oxygens (including phenoxy) is 1. The van der Waals surface area contributed by atoms with E-state index in [0.29, 0.717) is 22.9 Å². The van der Waals surface area contributed by atoms with Gasteiger partial charge in [0.1, 0.15) is 12.4 Å². The van der Waals surface area contributed by atoms with Crippen molar-refractivity contribution >= 4 is 11.3 Å². The molecule has 5 nitrogen and oxygen atoms in total. The summed E-state index contributed by atoms with van der Waals surface area (Å²) in [6, 6.07) is 7.83. The second kappa shape index (κ2) is 5.21. The van der Waals surface area contributed by atoms with E-state index in [1.807, 2.05) is 0 Å². The largest absolute Gasteiger partial charge is 0.486 e. The minimum absolute atomic E-state index is 0.0798. The van der Waals surface area contributed by atoms with Gasteiger partial charge in [0.2, 0.25) is 0 Å². The zero-order valence-corrected chi connectivity index (χ0v) is 11.2. The van der Waals surface area contributed by atoms with E-state index in [4.69, 9.17) is 10.5 Å². The molecule has 3 aromatic rings. The van der Waals surface area contributed by atoms with Gasteiger partial charge in [0.15, 0.2) is 11.5 Å². The normalized spacial score (nSPS) is 11.8. The lowest BCUT2D eigenvalue weighted by atomic mass is 10.2. The highest BCUT2D eigenvalue weighted by molar-refractivity contribution is 5.51. The third-order valence-corrected chi connectivity index (χ3v) is 3.05. The molecular formula is C14H11F3N4O. The summed E-state index contributed by atoms with van der Waals surface area (Å²) >= 11 is 0. The Morgan fingerprint density at radius 1 is 1.09 bits per heavy atom. The number of nitrogens with zero attached hydrogens (tertiary/aromatic N) is 3. The van der Waals surface area contributed by atoms with Gasteiger partial charge in [-0.1, -0.05) is 0 Å². The SMILES string of the molecule is Nc1ccn2c(COc3ccc(C(F)(F)F)cc3)nnc2c1. The zero-order chi connectivity index (χ0) is 15.7. The zero-order valence-electron chi connectivity index (χ0n) is 11.2. The molecule has 0 amide bonds. The molecule has 2 aromatic heterocycles. The van der Waals surface area contributed by atoms with Gasteiger partial charge in [-0.05, 0) is 30.3 Å². The molecule has 0 bridgehead atoms. The van der Waals surface area contributed by atoms with Crippen molar-refractivity contribution in [2.24, 2.45) is 0 Å². The summed E-state index contributed by atoms with van der Waals surface area (Å²) in [5, 5.41) is 7.90. The number of anilines is 1. The molecule has 1 aromatic carbocycles. The van der Waals surface area contributed by atoms with Crippen LogP contribution in [0.15, 0.2) is 42.6 Å². The first-order chi connectivity index (χ1) is 10.4. The third-order valence-electron chi connectivity index (χ3n) is 3.05. The Labute approximate surface area is 123 Å². The van der Waals surface area contributed by atoms with E-state index in [0.717, 1.165) is 12.1 Å². The van der Waals surface area contributed by atoms with Crippen LogP contribution in [0.1, 0.15) is 11.4 Å². The second-order valence-corrected chi connectivity index (χ2v) is 4.62. The van der Waals surface area contributed by atoms with Gasteiger partial charge in [0.25, 0.3) is 0 Å². The molecule has 3 rings (SSSR count). The monoisotopic (exact) mass is 308 g/mol. The maximum absolute atomic E-state index is 12.5. The standard InChI is InChI=1S/C14H11F3N4O/c15-14(16,17)9-1-3-11(4-2-9)22-8-13-20-19-12-7-10(18)5-6-21(12)13/h1-7H,8,18H2. The maximum Gasteiger partial charge on any atom is 0.416 e. The van der Waals surface area contributed by atoms with E-state index in [2.05, 4.69) is 10.2 Å². The summed E-state index contributed by atoms with van der Waals surface area (Å²) in [7, 11) is 0. The molecule has 0 spiro atoms. The van der Waals surface area contributed by atoms with E-state index in [1.54, 1.807) is 22.7 Å². The molecule has 2 heterocycles. The Balaban J connectivity index is 1.74. The molecular weight excluding hydrogens is 297 g/mol. The number of hydrogen-bond acceptors (Lipinski definition) is 4. The van der Waals surface area contributed by atoms with Crippen molar-refractivity contribution in [3.63, 3.8) is 0 Å². The summed E-state index contributed by atoms with van der Waals surface area (Å²) in [6.45, 7) is 0.0798. The molecule has 8 heteroatoms. The summed E-state index contributed by atoms with van der Waals surface area (Å²) in [5.41, 5.74) is 6.06. The lowest BCUT2D eigenvalue weighted by Crippen LogP contribution is -2.05. The second-order valence-electron chi connectivity index (χ2n) is 4.62. The van der Waals surface area contributed by atoms with Crippen molar-refractivity contribution in [3.8, 4) is 5.75 Å². The smallest absolute Gasteiger partial charge is 0.416 e. The van der Waals surface area contributed by atoms with Crippen LogP contribution in [0.4, 0.5) is 18.9 Å². The number of halogens is 3. The summed E-state index contributed by atoms with van der Waals surface area (Å²) < 4.78 is 44.5. The van der Waals surface area contributed by atoms with E-state index < -0.39 is 11.7 Å². The van der Waals surface area contributed by atoms with Crippen molar-refractivity contribution in [2.75, 3.05) is 5.73 Å². The van der Waals surface area contributed by atoms with Crippen LogP contribution in [0.2, 0.25) is 0 Å². The average molecular weight is 308 g/mol. The van der Waals surface area contributed by atoms with Gasteiger partial charge in [0, 0.05) is 18.0 Å². The molecule has 0 aliphatic rings. The minimum atomic E-state index is -4.36. The summed E-state index contributed by atoms with van der Waals surface area (Å²) in [5.74, 6) is 0.843. The highest BCUT2D eigenvalue weighted by Gasteiger charge is 2.30. The van der Waals surface area contributed by atoms with Crippen molar-refractivity contribution < 1.29 is 17.9 Å². The molecule has 0 aliphatic carbocycles. The van der Waals surface area contributed by atoms with Crippen LogP contribution < -0.4 is 10.5 Å². The Morgan fingerprint density at radius 3 is 2.50 bits per heavy atom. The maximum atomic E-state index is 12.5. The molecule has 0 unspecified atom stereocenters. The number of nitrogen functional groups attached to an aromatic ring is 1. The van der Waals surface area contributed by atoms with Crippen LogP contribution in [0.3, 0.4) is 0 Å². The fourth-order valence-electron chi connectivity index (χ4n) is 1.94. The minimum Gasteiger partial charge on any atom is -0.486 e. The number of aromatic nitrogens is 3. The molecule has 0 aliphatic heterocycles. The first-order valence-corrected chi connectivity index (χ1v) is 6.33. The molecule has 2 N–H and O–H groups in total. The van der Waals surface area contributed by atoms with Crippen LogP contribution in [0.5, 0.6) is 5.75 Å². The molecule has 114 valence electrons. The van der Waals surface area contributed by atoms with Crippen molar-refractivity contribution in [2.45, 2.75) is 12.8 Å². The first-order valence-electron chi connectivity index (χ1n) is 6.33. The first kappa shape index (κ1) is 14.2. The summed E-state index contributed by atoms with van der Waals surface area (Å²) in [6.07, 6.45) is -2.65. The highest BCUT2D eigenvalue weighted by Crippen LogP contribution is 2.30. The number of pyridine rings is 1. The number of nitrogens with two attached hydrogens (primary N) is 1. The van der Waals surface area contributed by atoms with Gasteiger partial charge in [-0.15, -0.1) is 10.2 Å². The van der Waals surface area contributed by atoms with E-state index in [9.17, 15) is 13.2 Å². The predicted octanol–water partition coefficient (Wildman–Crippen LogP) is 2.91. The predicted molar refractivity (Wildman–Crippen MR) is 73.2 cm³/mol. The van der Waals surface area contributed by atoms with Crippen LogP contribution in [-0.4, -0.2) is 14.6 Å². The fraction of sp³-hybridized carbons (Fsp3) is 0.143. The Hall–Kier alpha value is -2.77. The van der Waals surface area contributed by atoms with Gasteiger partial charge in [-0.3, -0.25) is 4.40 Å². The van der Waals surface area contributed by atoms with Crippen LogP contribution >= 0.6 is 0 Å². The molecule has 0 fully saturated rings. The number of benzene rings is 1. The van der Waals surface area contributed by atoms with Crippen LogP contribution in [0.25, 0.3) is 5.65 Å². The highest BCUT2D eigenvalue weighted by atomic mass is 19.4. The van der Waals surface area contributed by atoms with Crippen LogP contribution in [-0.2, 0) is 12.8 Å². The van der Waals surface area contributed by atoms with Crippen molar-refractivity contribution in [1.29, 1.82) is 0 Å². The van der Waals surface area contributed by atoms with E-state index in [-0.39, 0.29) is 6.61 Å². The number of fused-ring (bicyclic) bond motifs is 1. The van der Waals surface area contributed by atoms with Gasteiger partial charge < -0.3 is 10.5 Å². The number of rotatable bonds is 3. The lowest BCUT2D eigenvalue weighted by molar-refractivity contribution is -0.137. The van der Waals surface area contributed by atoms with Crippen molar-refractivity contribution in [3.05, 3.63) is 54.0 Å². The molecule has 0 radical (unpaired) electrons.